The predicted molar refractivity (Wildman–Crippen MR) is 125 cm³/mol. The lowest BCUT2D eigenvalue weighted by Gasteiger charge is -2.14. The van der Waals surface area contributed by atoms with E-state index in [0.717, 1.165) is 36.8 Å². The molecule has 0 radical (unpaired) electrons. The third kappa shape index (κ3) is 4.86. The Morgan fingerprint density at radius 2 is 1.97 bits per heavy atom. The van der Waals surface area contributed by atoms with Gasteiger partial charge in [-0.25, -0.2) is 4.79 Å². The zero-order valence-electron chi connectivity index (χ0n) is 18.3. The molecule has 0 aliphatic heterocycles. The van der Waals surface area contributed by atoms with Gasteiger partial charge in [0.15, 0.2) is 11.0 Å². The molecule has 3 aromatic rings. The number of thiophene rings is 1. The molecule has 0 aromatic carbocycles. The molecular formula is C22H25N5O3S2. The Morgan fingerprint density at radius 3 is 2.72 bits per heavy atom. The molecule has 0 bridgehead atoms. The molecule has 1 aliphatic carbocycles. The maximum absolute atomic E-state index is 12.8. The molecule has 1 aliphatic rings. The highest BCUT2D eigenvalue weighted by Gasteiger charge is 2.28. The minimum absolute atomic E-state index is 0.156. The average molecular weight is 472 g/mol. The number of carbonyl (C=O) groups is 2. The Bertz CT molecular complexity index is 1120. The highest BCUT2D eigenvalue weighted by molar-refractivity contribution is 7.99. The van der Waals surface area contributed by atoms with Gasteiger partial charge in [-0.15, -0.1) is 21.5 Å². The third-order valence-corrected chi connectivity index (χ3v) is 7.30. The fourth-order valence-electron chi connectivity index (χ4n) is 3.63. The molecular weight excluding hydrogens is 446 g/mol. The van der Waals surface area contributed by atoms with Crippen molar-refractivity contribution in [3.63, 3.8) is 0 Å². The van der Waals surface area contributed by atoms with Crippen LogP contribution in [0.25, 0.3) is 11.4 Å². The van der Waals surface area contributed by atoms with Crippen molar-refractivity contribution in [1.82, 2.24) is 19.7 Å². The molecule has 168 valence electrons. The van der Waals surface area contributed by atoms with E-state index >= 15 is 0 Å². The summed E-state index contributed by atoms with van der Waals surface area (Å²) in [5.74, 6) is 0.307. The number of anilines is 1. The van der Waals surface area contributed by atoms with E-state index in [-0.39, 0.29) is 23.7 Å². The van der Waals surface area contributed by atoms with E-state index in [4.69, 9.17) is 4.74 Å². The van der Waals surface area contributed by atoms with Gasteiger partial charge in [0.2, 0.25) is 5.91 Å². The lowest BCUT2D eigenvalue weighted by molar-refractivity contribution is -0.113. The SMILES string of the molecule is CC(C)OC(=O)c1c(NC(=O)CSc2nnc(-c3ccncc3)n2C)sc2c1CCCC2. The van der Waals surface area contributed by atoms with Crippen molar-refractivity contribution < 1.29 is 14.3 Å². The summed E-state index contributed by atoms with van der Waals surface area (Å²) in [7, 11) is 1.86. The van der Waals surface area contributed by atoms with Crippen molar-refractivity contribution in [2.75, 3.05) is 11.1 Å². The van der Waals surface area contributed by atoms with E-state index in [2.05, 4.69) is 20.5 Å². The topological polar surface area (TPSA) is 99.0 Å². The molecule has 4 rings (SSSR count). The summed E-state index contributed by atoms with van der Waals surface area (Å²) < 4.78 is 7.31. The fraction of sp³-hybridized carbons (Fsp3) is 0.409. The number of nitrogens with zero attached hydrogens (tertiary/aromatic N) is 4. The van der Waals surface area contributed by atoms with Crippen LogP contribution in [0.4, 0.5) is 5.00 Å². The zero-order valence-corrected chi connectivity index (χ0v) is 19.9. The minimum atomic E-state index is -0.363. The van der Waals surface area contributed by atoms with Gasteiger partial charge in [0, 0.05) is 29.9 Å². The van der Waals surface area contributed by atoms with Crippen LogP contribution >= 0.6 is 23.1 Å². The quantitative estimate of drug-likeness (QED) is 0.409. The number of aromatic nitrogens is 4. The number of esters is 1. The van der Waals surface area contributed by atoms with E-state index < -0.39 is 0 Å². The lowest BCUT2D eigenvalue weighted by atomic mass is 9.95. The second-order valence-electron chi connectivity index (χ2n) is 7.81. The zero-order chi connectivity index (χ0) is 22.7. The summed E-state index contributed by atoms with van der Waals surface area (Å²) in [6.45, 7) is 3.65. The molecule has 1 N–H and O–H groups in total. The van der Waals surface area contributed by atoms with E-state index in [9.17, 15) is 9.59 Å². The number of ether oxygens (including phenoxy) is 1. The van der Waals surface area contributed by atoms with Crippen LogP contribution in [0.3, 0.4) is 0 Å². The average Bonchev–Trinajstić information content (AvgIpc) is 3.32. The standard InChI is InChI=1S/C22H25N5O3S2/c1-13(2)30-21(29)18-15-6-4-5-7-16(15)32-20(18)24-17(28)12-31-22-26-25-19(27(22)3)14-8-10-23-11-9-14/h8-11,13H,4-7,12H2,1-3H3,(H,24,28). The van der Waals surface area contributed by atoms with Crippen LogP contribution in [0.1, 0.15) is 47.5 Å². The molecule has 10 heteroatoms. The number of aryl methyl sites for hydroxylation is 1. The van der Waals surface area contributed by atoms with Gasteiger partial charge >= 0.3 is 5.97 Å². The summed E-state index contributed by atoms with van der Waals surface area (Å²) in [4.78, 5) is 30.7. The summed E-state index contributed by atoms with van der Waals surface area (Å²) in [5.41, 5.74) is 2.46. The Kier molecular flexibility index (Phi) is 6.90. The van der Waals surface area contributed by atoms with E-state index in [0.29, 0.717) is 21.5 Å². The van der Waals surface area contributed by atoms with Crippen molar-refractivity contribution in [3.05, 3.63) is 40.5 Å². The fourth-order valence-corrected chi connectivity index (χ4v) is 5.63. The summed E-state index contributed by atoms with van der Waals surface area (Å²) in [5, 5.41) is 12.6. The van der Waals surface area contributed by atoms with Crippen LogP contribution in [-0.4, -0.2) is 43.5 Å². The highest BCUT2D eigenvalue weighted by Crippen LogP contribution is 2.39. The van der Waals surface area contributed by atoms with Crippen LogP contribution < -0.4 is 5.32 Å². The molecule has 0 spiro atoms. The number of rotatable bonds is 7. The molecule has 3 aromatic heterocycles. The van der Waals surface area contributed by atoms with Gasteiger partial charge in [-0.1, -0.05) is 11.8 Å². The maximum atomic E-state index is 12.8. The van der Waals surface area contributed by atoms with E-state index in [1.165, 1.54) is 28.0 Å². The van der Waals surface area contributed by atoms with Crippen molar-refractivity contribution in [2.24, 2.45) is 7.05 Å². The van der Waals surface area contributed by atoms with Crippen molar-refractivity contribution in [1.29, 1.82) is 0 Å². The monoisotopic (exact) mass is 471 g/mol. The maximum Gasteiger partial charge on any atom is 0.341 e. The first-order valence-corrected chi connectivity index (χ1v) is 12.3. The Morgan fingerprint density at radius 1 is 1.22 bits per heavy atom. The first kappa shape index (κ1) is 22.5. The summed E-state index contributed by atoms with van der Waals surface area (Å²) in [6.07, 6.45) is 7.10. The second kappa shape index (κ2) is 9.83. The summed E-state index contributed by atoms with van der Waals surface area (Å²) >= 11 is 2.79. The molecule has 0 saturated heterocycles. The van der Waals surface area contributed by atoms with Gasteiger partial charge in [-0.2, -0.15) is 0 Å². The molecule has 32 heavy (non-hydrogen) atoms. The smallest absolute Gasteiger partial charge is 0.341 e. The lowest BCUT2D eigenvalue weighted by Crippen LogP contribution is -2.19. The van der Waals surface area contributed by atoms with Gasteiger partial charge in [0.05, 0.1) is 17.4 Å². The number of thioether (sulfide) groups is 1. The van der Waals surface area contributed by atoms with Crippen molar-refractivity contribution in [3.8, 4) is 11.4 Å². The van der Waals surface area contributed by atoms with Crippen LogP contribution in [0.5, 0.6) is 0 Å². The normalized spacial score (nSPS) is 13.1. The number of fused-ring (bicyclic) bond motifs is 1. The van der Waals surface area contributed by atoms with Crippen LogP contribution in [0, 0.1) is 0 Å². The molecule has 0 atom stereocenters. The van der Waals surface area contributed by atoms with Crippen molar-refractivity contribution >= 4 is 40.0 Å². The summed E-state index contributed by atoms with van der Waals surface area (Å²) in [6, 6.07) is 3.73. The Balaban J connectivity index is 1.46. The molecule has 0 fully saturated rings. The second-order valence-corrected chi connectivity index (χ2v) is 9.85. The van der Waals surface area contributed by atoms with Gasteiger partial charge in [-0.05, 0) is 57.2 Å². The molecule has 1 amide bonds. The number of carbonyl (C=O) groups excluding carboxylic acids is 2. The van der Waals surface area contributed by atoms with Gasteiger partial charge in [0.25, 0.3) is 0 Å². The molecule has 0 saturated carbocycles. The molecule has 0 unspecified atom stereocenters. The number of nitrogens with one attached hydrogen (secondary N) is 1. The van der Waals surface area contributed by atoms with E-state index in [1.54, 1.807) is 12.4 Å². The van der Waals surface area contributed by atoms with Gasteiger partial charge < -0.3 is 14.6 Å². The van der Waals surface area contributed by atoms with E-state index in [1.807, 2.05) is 37.6 Å². The first-order chi connectivity index (χ1) is 15.4. The minimum Gasteiger partial charge on any atom is -0.459 e. The Labute approximate surface area is 194 Å². The van der Waals surface area contributed by atoms with Crippen LogP contribution in [0.15, 0.2) is 29.7 Å². The Hall–Kier alpha value is -2.72. The van der Waals surface area contributed by atoms with Crippen molar-refractivity contribution in [2.45, 2.75) is 50.8 Å². The molecule has 3 heterocycles. The highest BCUT2D eigenvalue weighted by atomic mass is 32.2. The van der Waals surface area contributed by atoms with Crippen LogP contribution in [0.2, 0.25) is 0 Å². The predicted octanol–water partition coefficient (Wildman–Crippen LogP) is 4.11. The number of hydrogen-bond donors (Lipinski definition) is 1. The van der Waals surface area contributed by atoms with Gasteiger partial charge in [-0.3, -0.25) is 9.78 Å². The van der Waals surface area contributed by atoms with Crippen LogP contribution in [-0.2, 0) is 29.4 Å². The van der Waals surface area contributed by atoms with Gasteiger partial charge in [0.1, 0.15) is 5.00 Å². The number of hydrogen-bond acceptors (Lipinski definition) is 8. The number of pyridine rings is 1. The molecule has 8 nitrogen and oxygen atoms in total. The third-order valence-electron chi connectivity index (χ3n) is 5.08. The first-order valence-electron chi connectivity index (χ1n) is 10.5. The largest absolute Gasteiger partial charge is 0.459 e. The number of amides is 1.